The van der Waals surface area contributed by atoms with Crippen molar-refractivity contribution < 1.29 is 4.92 Å². The molecule has 4 rings (SSSR count). The van der Waals surface area contributed by atoms with E-state index in [0.29, 0.717) is 12.0 Å². The van der Waals surface area contributed by atoms with Crippen molar-refractivity contribution in [3.63, 3.8) is 0 Å². The molecule has 3 aromatic rings. The fourth-order valence-electron chi connectivity index (χ4n) is 3.12. The molecular weight excluding hydrogens is 358 g/mol. The summed E-state index contributed by atoms with van der Waals surface area (Å²) in [5, 5.41) is 13.2. The van der Waals surface area contributed by atoms with E-state index in [2.05, 4.69) is 48.1 Å². The maximum atomic E-state index is 11.1. The van der Waals surface area contributed by atoms with Gasteiger partial charge in [-0.15, -0.1) is 11.3 Å². The molecule has 0 saturated heterocycles. The Morgan fingerprint density at radius 1 is 1.19 bits per heavy atom. The smallest absolute Gasteiger partial charge is 0.270 e. The summed E-state index contributed by atoms with van der Waals surface area (Å²) >= 11 is 1.59. The minimum Gasteiger partial charge on any atom is -0.313 e. The fraction of sp³-hybridized carbons (Fsp3) is 0.286. The van der Waals surface area contributed by atoms with Crippen LogP contribution in [0.15, 0.2) is 58.9 Å². The Balaban J connectivity index is 1.77. The highest BCUT2D eigenvalue weighted by atomic mass is 32.1. The Morgan fingerprint density at radius 3 is 2.56 bits per heavy atom. The third-order valence-electron chi connectivity index (χ3n) is 4.79. The molecule has 0 spiro atoms. The molecule has 0 aliphatic heterocycles. The van der Waals surface area contributed by atoms with Crippen LogP contribution in [0, 0.1) is 10.1 Å². The van der Waals surface area contributed by atoms with E-state index in [4.69, 9.17) is 4.99 Å². The first-order valence-electron chi connectivity index (χ1n) is 9.12. The van der Waals surface area contributed by atoms with Crippen LogP contribution in [0.3, 0.4) is 0 Å². The van der Waals surface area contributed by atoms with Crippen LogP contribution in [0.5, 0.6) is 0 Å². The summed E-state index contributed by atoms with van der Waals surface area (Å²) in [6.45, 7) is 4.36. The van der Waals surface area contributed by atoms with Crippen LogP contribution in [0.4, 0.5) is 11.4 Å². The van der Waals surface area contributed by atoms with Gasteiger partial charge in [0, 0.05) is 29.1 Å². The molecule has 27 heavy (non-hydrogen) atoms. The van der Waals surface area contributed by atoms with Gasteiger partial charge in [0.1, 0.15) is 0 Å². The summed E-state index contributed by atoms with van der Waals surface area (Å²) in [6, 6.07) is 15.6. The van der Waals surface area contributed by atoms with Crippen LogP contribution < -0.4 is 4.80 Å². The second kappa shape index (κ2) is 7.12. The van der Waals surface area contributed by atoms with E-state index in [1.807, 2.05) is 6.07 Å². The van der Waals surface area contributed by atoms with Crippen LogP contribution in [0.1, 0.15) is 44.2 Å². The minimum atomic E-state index is -0.348. The first kappa shape index (κ1) is 17.7. The van der Waals surface area contributed by atoms with Crippen LogP contribution in [0.25, 0.3) is 11.3 Å². The molecule has 0 bridgehead atoms. The Kier molecular flexibility index (Phi) is 4.66. The van der Waals surface area contributed by atoms with Gasteiger partial charge in [0.15, 0.2) is 4.80 Å². The van der Waals surface area contributed by atoms with Crippen LogP contribution >= 0.6 is 11.3 Å². The lowest BCUT2D eigenvalue weighted by atomic mass is 10.0. The van der Waals surface area contributed by atoms with Gasteiger partial charge in [0.05, 0.1) is 16.3 Å². The molecule has 1 aliphatic rings. The topological polar surface area (TPSA) is 60.4 Å². The van der Waals surface area contributed by atoms with Gasteiger partial charge < -0.3 is 4.57 Å². The number of thiazole rings is 1. The Morgan fingerprint density at radius 2 is 1.93 bits per heavy atom. The lowest BCUT2D eigenvalue weighted by Crippen LogP contribution is -2.14. The van der Waals surface area contributed by atoms with E-state index in [0.717, 1.165) is 34.6 Å². The van der Waals surface area contributed by atoms with Gasteiger partial charge >= 0.3 is 0 Å². The van der Waals surface area contributed by atoms with Crippen molar-refractivity contribution in [2.24, 2.45) is 4.99 Å². The number of nitrogens with zero attached hydrogens (tertiary/aromatic N) is 3. The second-order valence-electron chi connectivity index (χ2n) is 7.17. The fourth-order valence-corrected chi connectivity index (χ4v) is 4.11. The molecule has 0 atom stereocenters. The highest BCUT2D eigenvalue weighted by molar-refractivity contribution is 7.07. The SMILES string of the molecule is CC(C)c1ccc(N=c2scc(-c3cccc([N+](=O)[O-])c3)n2C2CC2)cc1. The molecule has 1 fully saturated rings. The zero-order valence-electron chi connectivity index (χ0n) is 15.3. The summed E-state index contributed by atoms with van der Waals surface area (Å²) in [6.07, 6.45) is 2.25. The number of nitro groups is 1. The van der Waals surface area contributed by atoms with E-state index >= 15 is 0 Å². The molecule has 1 aliphatic carbocycles. The van der Waals surface area contributed by atoms with Gasteiger partial charge in [0.2, 0.25) is 0 Å². The summed E-state index contributed by atoms with van der Waals surface area (Å²) in [7, 11) is 0. The normalized spacial score (nSPS) is 14.7. The first-order valence-corrected chi connectivity index (χ1v) is 10.0. The molecule has 1 aromatic heterocycles. The maximum absolute atomic E-state index is 11.1. The Labute approximate surface area is 161 Å². The number of aromatic nitrogens is 1. The van der Waals surface area contributed by atoms with Crippen molar-refractivity contribution in [1.29, 1.82) is 0 Å². The standard InChI is InChI=1S/C21H21N3O2S/c1-14(2)15-6-8-17(9-7-15)22-21-23(18-10-11-18)20(13-27-21)16-4-3-5-19(12-16)24(25)26/h3-9,12-14,18H,10-11H2,1-2H3. The second-order valence-corrected chi connectivity index (χ2v) is 8.01. The van der Waals surface area contributed by atoms with Crippen molar-refractivity contribution >= 4 is 22.7 Å². The molecule has 5 nitrogen and oxygen atoms in total. The zero-order valence-corrected chi connectivity index (χ0v) is 16.1. The molecule has 6 heteroatoms. The van der Waals surface area contributed by atoms with Gasteiger partial charge in [0.25, 0.3) is 5.69 Å². The van der Waals surface area contributed by atoms with Crippen molar-refractivity contribution in [3.05, 3.63) is 74.4 Å². The highest BCUT2D eigenvalue weighted by Gasteiger charge is 2.27. The van der Waals surface area contributed by atoms with Crippen LogP contribution in [-0.4, -0.2) is 9.49 Å². The lowest BCUT2D eigenvalue weighted by Gasteiger charge is -2.08. The van der Waals surface area contributed by atoms with Gasteiger partial charge in [-0.3, -0.25) is 10.1 Å². The average Bonchev–Trinajstić information content (AvgIpc) is 3.42. The van der Waals surface area contributed by atoms with Crippen LogP contribution in [-0.2, 0) is 0 Å². The Bertz CT molecular complexity index is 1040. The third-order valence-corrected chi connectivity index (χ3v) is 5.63. The molecular formula is C21H21N3O2S. The third kappa shape index (κ3) is 3.71. The summed E-state index contributed by atoms with van der Waals surface area (Å²) in [5.41, 5.74) is 4.21. The minimum absolute atomic E-state index is 0.115. The number of benzene rings is 2. The summed E-state index contributed by atoms with van der Waals surface area (Å²) < 4.78 is 2.24. The van der Waals surface area contributed by atoms with Crippen molar-refractivity contribution in [1.82, 2.24) is 4.57 Å². The summed E-state index contributed by atoms with van der Waals surface area (Å²) in [4.78, 5) is 16.6. The van der Waals surface area contributed by atoms with Gasteiger partial charge in [-0.1, -0.05) is 38.1 Å². The Hall–Kier alpha value is -2.73. The van der Waals surface area contributed by atoms with E-state index in [-0.39, 0.29) is 10.6 Å². The molecule has 0 amide bonds. The number of nitro benzene ring substituents is 1. The predicted molar refractivity (Wildman–Crippen MR) is 108 cm³/mol. The molecule has 0 radical (unpaired) electrons. The van der Waals surface area contributed by atoms with Crippen molar-refractivity contribution in [2.75, 3.05) is 0 Å². The predicted octanol–water partition coefficient (Wildman–Crippen LogP) is 5.82. The number of hydrogen-bond acceptors (Lipinski definition) is 4. The number of hydrogen-bond donors (Lipinski definition) is 0. The van der Waals surface area contributed by atoms with Gasteiger partial charge in [-0.2, -0.15) is 0 Å². The number of rotatable bonds is 5. The average molecular weight is 379 g/mol. The van der Waals surface area contributed by atoms with Crippen molar-refractivity contribution in [2.45, 2.75) is 38.6 Å². The zero-order chi connectivity index (χ0) is 19.0. The monoisotopic (exact) mass is 379 g/mol. The molecule has 2 aromatic carbocycles. The number of non-ortho nitro benzene ring substituents is 1. The molecule has 1 heterocycles. The molecule has 138 valence electrons. The van der Waals surface area contributed by atoms with Crippen LogP contribution in [0.2, 0.25) is 0 Å². The quantitative estimate of drug-likeness (QED) is 0.414. The van der Waals surface area contributed by atoms with E-state index in [1.165, 1.54) is 11.6 Å². The maximum Gasteiger partial charge on any atom is 0.270 e. The molecule has 0 unspecified atom stereocenters. The molecule has 1 saturated carbocycles. The highest BCUT2D eigenvalue weighted by Crippen LogP contribution is 2.38. The van der Waals surface area contributed by atoms with E-state index in [1.54, 1.807) is 23.5 Å². The van der Waals surface area contributed by atoms with E-state index in [9.17, 15) is 10.1 Å². The van der Waals surface area contributed by atoms with Crippen molar-refractivity contribution in [3.8, 4) is 11.3 Å². The van der Waals surface area contributed by atoms with E-state index < -0.39 is 0 Å². The van der Waals surface area contributed by atoms with Gasteiger partial charge in [-0.05, 0) is 36.5 Å². The lowest BCUT2D eigenvalue weighted by molar-refractivity contribution is -0.384. The molecule has 0 N–H and O–H groups in total. The summed E-state index contributed by atoms with van der Waals surface area (Å²) in [5.74, 6) is 0.498. The largest absolute Gasteiger partial charge is 0.313 e. The first-order chi connectivity index (χ1) is 13.0. The van der Waals surface area contributed by atoms with Gasteiger partial charge in [-0.25, -0.2) is 4.99 Å².